The summed E-state index contributed by atoms with van der Waals surface area (Å²) in [6, 6.07) is 12.2. The van der Waals surface area contributed by atoms with E-state index in [2.05, 4.69) is 10.2 Å². The summed E-state index contributed by atoms with van der Waals surface area (Å²) in [6.07, 6.45) is 3.53. The van der Waals surface area contributed by atoms with Crippen molar-refractivity contribution in [1.82, 2.24) is 0 Å². The molecule has 6 nitrogen and oxygen atoms in total. The number of aryl methyl sites for hydroxylation is 2. The lowest BCUT2D eigenvalue weighted by atomic mass is 10.1. The van der Waals surface area contributed by atoms with Crippen molar-refractivity contribution in [3.63, 3.8) is 0 Å². The van der Waals surface area contributed by atoms with Crippen LogP contribution in [0.4, 0.5) is 17.1 Å². The summed E-state index contributed by atoms with van der Waals surface area (Å²) in [5.74, 6) is -0.373. The first-order chi connectivity index (χ1) is 13.7. The summed E-state index contributed by atoms with van der Waals surface area (Å²) >= 11 is 0. The normalized spacial score (nSPS) is 15.2. The molecule has 1 atom stereocenters. The topological polar surface area (TPSA) is 69.7 Å². The molecular weight excluding hydrogens is 386 g/mol. The van der Waals surface area contributed by atoms with Crippen LogP contribution >= 0.6 is 0 Å². The van der Waals surface area contributed by atoms with E-state index in [4.69, 9.17) is 0 Å². The molecule has 0 bridgehead atoms. The zero-order valence-electron chi connectivity index (χ0n) is 17.5. The molecule has 3 rings (SSSR count). The highest BCUT2D eigenvalue weighted by molar-refractivity contribution is 7.92. The highest BCUT2D eigenvalue weighted by atomic mass is 32.2. The molecule has 2 aromatic carbocycles. The number of nitrogens with one attached hydrogen (secondary N) is 1. The first-order valence-electron chi connectivity index (χ1n) is 9.89. The highest BCUT2D eigenvalue weighted by Gasteiger charge is 2.29. The van der Waals surface area contributed by atoms with Crippen LogP contribution in [0.2, 0.25) is 0 Å². The lowest BCUT2D eigenvalue weighted by Gasteiger charge is -2.28. The van der Waals surface area contributed by atoms with Gasteiger partial charge in [-0.25, -0.2) is 8.42 Å². The lowest BCUT2D eigenvalue weighted by Crippen LogP contribution is -2.45. The fraction of sp³-hybridized carbons (Fsp3) is 0.409. The quantitative estimate of drug-likeness (QED) is 0.781. The molecule has 0 aliphatic carbocycles. The molecular formula is C22H29N3O3S. The largest absolute Gasteiger partial charge is 0.372 e. The SMILES string of the molecule is Cc1ccc(N(C(C)C(=O)Nc2ccc(N3CCCC3)cc2)S(C)(=O)=O)cc1C. The Bertz CT molecular complexity index is 981. The number of nitrogens with zero attached hydrogens (tertiary/aromatic N) is 2. The number of rotatable bonds is 6. The van der Waals surface area contributed by atoms with Gasteiger partial charge in [0, 0.05) is 24.5 Å². The molecule has 2 aromatic rings. The predicted molar refractivity (Wildman–Crippen MR) is 119 cm³/mol. The van der Waals surface area contributed by atoms with Crippen molar-refractivity contribution in [3.05, 3.63) is 53.6 Å². The van der Waals surface area contributed by atoms with E-state index in [9.17, 15) is 13.2 Å². The van der Waals surface area contributed by atoms with Gasteiger partial charge in [-0.1, -0.05) is 6.07 Å². The van der Waals surface area contributed by atoms with Crippen molar-refractivity contribution in [2.45, 2.75) is 39.7 Å². The third-order valence-electron chi connectivity index (χ3n) is 5.44. The minimum absolute atomic E-state index is 0.373. The lowest BCUT2D eigenvalue weighted by molar-refractivity contribution is -0.116. The number of hydrogen-bond donors (Lipinski definition) is 1. The Morgan fingerprint density at radius 3 is 2.21 bits per heavy atom. The van der Waals surface area contributed by atoms with Crippen LogP contribution in [-0.4, -0.2) is 39.7 Å². The summed E-state index contributed by atoms with van der Waals surface area (Å²) in [7, 11) is -3.64. The fourth-order valence-electron chi connectivity index (χ4n) is 3.65. The van der Waals surface area contributed by atoms with Crippen molar-refractivity contribution in [2.75, 3.05) is 33.9 Å². The maximum atomic E-state index is 12.8. The standard InChI is InChI=1S/C22H29N3O3S/c1-16-7-10-21(15-17(16)2)25(29(4,27)28)18(3)22(26)23-19-8-11-20(12-9-19)24-13-5-6-14-24/h7-12,15,18H,5-6,13-14H2,1-4H3,(H,23,26). The van der Waals surface area contributed by atoms with Gasteiger partial charge >= 0.3 is 0 Å². The molecule has 0 aromatic heterocycles. The molecule has 1 aliphatic rings. The molecule has 1 N–H and O–H groups in total. The fourth-order valence-corrected chi connectivity index (χ4v) is 4.82. The Morgan fingerprint density at radius 2 is 1.66 bits per heavy atom. The molecule has 0 saturated carbocycles. The molecule has 156 valence electrons. The Hall–Kier alpha value is -2.54. The van der Waals surface area contributed by atoms with E-state index in [0.29, 0.717) is 11.4 Å². The number of carbonyl (C=O) groups is 1. The molecule has 1 unspecified atom stereocenters. The van der Waals surface area contributed by atoms with Gasteiger partial charge in [-0.2, -0.15) is 0 Å². The number of hydrogen-bond acceptors (Lipinski definition) is 4. The number of anilines is 3. The summed E-state index contributed by atoms with van der Waals surface area (Å²) in [6.45, 7) is 7.60. The van der Waals surface area contributed by atoms with Gasteiger partial charge in [0.05, 0.1) is 11.9 Å². The predicted octanol–water partition coefficient (Wildman–Crippen LogP) is 3.70. The van der Waals surface area contributed by atoms with Crippen LogP contribution < -0.4 is 14.5 Å². The zero-order valence-corrected chi connectivity index (χ0v) is 18.3. The molecule has 1 saturated heterocycles. The monoisotopic (exact) mass is 415 g/mol. The van der Waals surface area contributed by atoms with Gasteiger partial charge < -0.3 is 10.2 Å². The summed E-state index contributed by atoms with van der Waals surface area (Å²) < 4.78 is 26.1. The van der Waals surface area contributed by atoms with Crippen LogP contribution in [0.15, 0.2) is 42.5 Å². The van der Waals surface area contributed by atoms with E-state index in [0.717, 1.165) is 36.2 Å². The summed E-state index contributed by atoms with van der Waals surface area (Å²) in [4.78, 5) is 15.2. The van der Waals surface area contributed by atoms with E-state index in [1.165, 1.54) is 17.1 Å². The molecule has 0 radical (unpaired) electrons. The number of benzene rings is 2. The van der Waals surface area contributed by atoms with Gasteiger partial charge in [-0.15, -0.1) is 0 Å². The van der Waals surface area contributed by atoms with Crippen molar-refractivity contribution in [2.24, 2.45) is 0 Å². The Labute approximate surface area is 173 Å². The van der Waals surface area contributed by atoms with E-state index < -0.39 is 16.1 Å². The van der Waals surface area contributed by atoms with E-state index >= 15 is 0 Å². The smallest absolute Gasteiger partial charge is 0.247 e. The highest BCUT2D eigenvalue weighted by Crippen LogP contribution is 2.25. The van der Waals surface area contributed by atoms with Crippen LogP contribution in [0.25, 0.3) is 0 Å². The zero-order chi connectivity index (χ0) is 21.2. The molecule has 1 fully saturated rings. The second-order valence-corrected chi connectivity index (χ2v) is 9.59. The Balaban J connectivity index is 1.77. The summed E-state index contributed by atoms with van der Waals surface area (Å²) in [5.41, 5.74) is 4.32. The van der Waals surface area contributed by atoms with Crippen molar-refractivity contribution < 1.29 is 13.2 Å². The second kappa shape index (κ2) is 8.45. The first kappa shape index (κ1) is 21.2. The van der Waals surface area contributed by atoms with E-state index in [1.54, 1.807) is 19.1 Å². The minimum Gasteiger partial charge on any atom is -0.372 e. The number of sulfonamides is 1. The minimum atomic E-state index is -3.64. The van der Waals surface area contributed by atoms with Gasteiger partial charge in [0.2, 0.25) is 15.9 Å². The van der Waals surface area contributed by atoms with Crippen molar-refractivity contribution in [1.29, 1.82) is 0 Å². The van der Waals surface area contributed by atoms with Crippen molar-refractivity contribution >= 4 is 33.0 Å². The van der Waals surface area contributed by atoms with Gasteiger partial charge in [0.15, 0.2) is 0 Å². The molecule has 1 amide bonds. The van der Waals surface area contributed by atoms with Gasteiger partial charge in [-0.3, -0.25) is 9.10 Å². The third kappa shape index (κ3) is 4.90. The Kier molecular flexibility index (Phi) is 6.17. The van der Waals surface area contributed by atoms with Gasteiger partial charge in [0.25, 0.3) is 0 Å². The number of amides is 1. The van der Waals surface area contributed by atoms with Gasteiger partial charge in [-0.05, 0) is 81.1 Å². The van der Waals surface area contributed by atoms with Crippen molar-refractivity contribution in [3.8, 4) is 0 Å². The number of carbonyl (C=O) groups excluding carboxylic acids is 1. The third-order valence-corrected chi connectivity index (χ3v) is 6.68. The maximum Gasteiger partial charge on any atom is 0.247 e. The van der Waals surface area contributed by atoms with Crippen LogP contribution in [0.5, 0.6) is 0 Å². The molecule has 1 heterocycles. The van der Waals surface area contributed by atoms with Gasteiger partial charge in [0.1, 0.15) is 6.04 Å². The second-order valence-electron chi connectivity index (χ2n) is 7.73. The van der Waals surface area contributed by atoms with Crippen LogP contribution in [0.3, 0.4) is 0 Å². The Morgan fingerprint density at radius 1 is 1.03 bits per heavy atom. The summed E-state index contributed by atoms with van der Waals surface area (Å²) in [5, 5.41) is 2.84. The molecule has 7 heteroatoms. The average Bonchev–Trinajstić information content (AvgIpc) is 3.19. The first-order valence-corrected chi connectivity index (χ1v) is 11.7. The maximum absolute atomic E-state index is 12.8. The molecule has 1 aliphatic heterocycles. The van der Waals surface area contributed by atoms with E-state index in [-0.39, 0.29) is 5.91 Å². The van der Waals surface area contributed by atoms with Crippen LogP contribution in [0.1, 0.15) is 30.9 Å². The van der Waals surface area contributed by atoms with Crippen LogP contribution in [0, 0.1) is 13.8 Å². The molecule has 29 heavy (non-hydrogen) atoms. The van der Waals surface area contributed by atoms with E-state index in [1.807, 2.05) is 44.2 Å². The average molecular weight is 416 g/mol. The van der Waals surface area contributed by atoms with Crippen LogP contribution in [-0.2, 0) is 14.8 Å². The molecule has 0 spiro atoms.